The lowest BCUT2D eigenvalue weighted by Crippen LogP contribution is -2.28. The van der Waals surface area contributed by atoms with Crippen molar-refractivity contribution in [3.63, 3.8) is 0 Å². The first-order valence-corrected chi connectivity index (χ1v) is 6.61. The van der Waals surface area contributed by atoms with Gasteiger partial charge in [0.2, 0.25) is 5.82 Å². The van der Waals surface area contributed by atoms with Gasteiger partial charge >= 0.3 is 0 Å². The fourth-order valence-electron chi connectivity index (χ4n) is 2.80. The summed E-state index contributed by atoms with van der Waals surface area (Å²) in [5, 5.41) is 0. The van der Waals surface area contributed by atoms with Gasteiger partial charge in [-0.05, 0) is 24.7 Å². The average Bonchev–Trinajstić information content (AvgIpc) is 2.44. The lowest BCUT2D eigenvalue weighted by molar-refractivity contribution is 0.245. The van der Waals surface area contributed by atoms with Gasteiger partial charge < -0.3 is 5.73 Å². The van der Waals surface area contributed by atoms with Gasteiger partial charge in [0, 0.05) is 11.6 Å². The second kappa shape index (κ2) is 5.68. The maximum atomic E-state index is 13.7. The molecule has 0 heterocycles. The molecule has 20 heavy (non-hydrogen) atoms. The summed E-state index contributed by atoms with van der Waals surface area (Å²) in [5.74, 6) is -9.40. The molecule has 1 aromatic carbocycles. The number of halogens is 5. The fourth-order valence-corrected chi connectivity index (χ4v) is 2.80. The highest BCUT2D eigenvalue weighted by Crippen LogP contribution is 2.38. The lowest BCUT2D eigenvalue weighted by atomic mass is 9.77. The maximum Gasteiger partial charge on any atom is 0.200 e. The number of hydrogen-bond acceptors (Lipinski definition) is 1. The second-order valence-corrected chi connectivity index (χ2v) is 5.53. The Hall–Kier alpha value is -1.17. The zero-order valence-corrected chi connectivity index (χ0v) is 11.0. The van der Waals surface area contributed by atoms with Crippen molar-refractivity contribution >= 4 is 0 Å². The van der Waals surface area contributed by atoms with Crippen LogP contribution in [-0.2, 0) is 0 Å². The second-order valence-electron chi connectivity index (χ2n) is 5.53. The molecule has 0 saturated heterocycles. The molecule has 1 nitrogen and oxygen atoms in total. The van der Waals surface area contributed by atoms with Crippen molar-refractivity contribution in [1.82, 2.24) is 0 Å². The average molecular weight is 293 g/mol. The monoisotopic (exact) mass is 293 g/mol. The molecular weight excluding hydrogens is 277 g/mol. The first-order valence-electron chi connectivity index (χ1n) is 6.61. The standard InChI is InChI=1S/C14H16F5N/c1-6-2-4-7(5-3-6)14(20)8-9(15)11(17)13(19)12(18)10(8)16/h6-7,14H,2-5,20H2,1H3. The van der Waals surface area contributed by atoms with Crippen molar-refractivity contribution in [2.45, 2.75) is 38.6 Å². The Morgan fingerprint density at radius 3 is 1.65 bits per heavy atom. The third-order valence-electron chi connectivity index (χ3n) is 4.15. The predicted molar refractivity (Wildman–Crippen MR) is 64.3 cm³/mol. The molecule has 1 aromatic rings. The molecule has 2 N–H and O–H groups in total. The molecule has 6 heteroatoms. The minimum Gasteiger partial charge on any atom is -0.324 e. The van der Waals surface area contributed by atoms with Gasteiger partial charge in [0.25, 0.3) is 0 Å². The maximum absolute atomic E-state index is 13.7. The van der Waals surface area contributed by atoms with Gasteiger partial charge in [-0.2, -0.15) is 0 Å². The van der Waals surface area contributed by atoms with Crippen molar-refractivity contribution in [2.24, 2.45) is 17.6 Å². The van der Waals surface area contributed by atoms with Crippen LogP contribution in [0.5, 0.6) is 0 Å². The Bertz CT molecular complexity index is 480. The first-order chi connectivity index (χ1) is 9.34. The van der Waals surface area contributed by atoms with Crippen LogP contribution < -0.4 is 5.73 Å². The van der Waals surface area contributed by atoms with E-state index in [0.717, 1.165) is 12.8 Å². The Labute approximate surface area is 114 Å². The summed E-state index contributed by atoms with van der Waals surface area (Å²) in [4.78, 5) is 0. The summed E-state index contributed by atoms with van der Waals surface area (Å²) in [6, 6.07) is -1.17. The van der Waals surface area contributed by atoms with Gasteiger partial charge in [0.15, 0.2) is 23.3 Å². The molecule has 0 aromatic heterocycles. The zero-order valence-electron chi connectivity index (χ0n) is 11.0. The van der Waals surface area contributed by atoms with E-state index in [-0.39, 0.29) is 5.92 Å². The smallest absolute Gasteiger partial charge is 0.200 e. The fraction of sp³-hybridized carbons (Fsp3) is 0.571. The van der Waals surface area contributed by atoms with Gasteiger partial charge in [-0.1, -0.05) is 19.8 Å². The zero-order chi connectivity index (χ0) is 15.0. The third-order valence-corrected chi connectivity index (χ3v) is 4.15. The van der Waals surface area contributed by atoms with E-state index in [2.05, 4.69) is 6.92 Å². The van der Waals surface area contributed by atoms with E-state index in [4.69, 9.17) is 5.73 Å². The minimum atomic E-state index is -2.15. The molecule has 0 aliphatic heterocycles. The van der Waals surface area contributed by atoms with Gasteiger partial charge in [0.1, 0.15) is 0 Å². The van der Waals surface area contributed by atoms with E-state index in [0.29, 0.717) is 18.8 Å². The molecule has 112 valence electrons. The van der Waals surface area contributed by atoms with E-state index < -0.39 is 40.7 Å². The van der Waals surface area contributed by atoms with Crippen molar-refractivity contribution in [2.75, 3.05) is 0 Å². The Kier molecular flexibility index (Phi) is 4.32. The minimum absolute atomic E-state index is 0.264. The molecule has 0 spiro atoms. The number of benzene rings is 1. The van der Waals surface area contributed by atoms with Crippen LogP contribution >= 0.6 is 0 Å². The summed E-state index contributed by atoms with van der Waals surface area (Å²) in [6.45, 7) is 2.06. The Morgan fingerprint density at radius 2 is 1.20 bits per heavy atom. The van der Waals surface area contributed by atoms with Crippen molar-refractivity contribution in [3.8, 4) is 0 Å². The summed E-state index contributed by atoms with van der Waals surface area (Å²) < 4.78 is 66.7. The van der Waals surface area contributed by atoms with Crippen LogP contribution in [0.4, 0.5) is 22.0 Å². The molecule has 1 fully saturated rings. The van der Waals surface area contributed by atoms with Gasteiger partial charge in [-0.3, -0.25) is 0 Å². The van der Waals surface area contributed by atoms with E-state index in [1.54, 1.807) is 0 Å². The SMILES string of the molecule is CC1CCC(C(N)c2c(F)c(F)c(F)c(F)c2F)CC1. The van der Waals surface area contributed by atoms with Crippen LogP contribution in [0.25, 0.3) is 0 Å². The quantitative estimate of drug-likeness (QED) is 0.493. The van der Waals surface area contributed by atoms with E-state index >= 15 is 0 Å². The molecule has 2 rings (SSSR count). The summed E-state index contributed by atoms with van der Waals surface area (Å²) in [6.07, 6.45) is 2.94. The van der Waals surface area contributed by atoms with Crippen molar-refractivity contribution < 1.29 is 22.0 Å². The van der Waals surface area contributed by atoms with E-state index in [9.17, 15) is 22.0 Å². The van der Waals surface area contributed by atoms with Crippen LogP contribution in [0.1, 0.15) is 44.2 Å². The van der Waals surface area contributed by atoms with E-state index in [1.165, 1.54) is 0 Å². The van der Waals surface area contributed by atoms with Crippen LogP contribution in [0, 0.1) is 40.9 Å². The van der Waals surface area contributed by atoms with Crippen LogP contribution in [0.15, 0.2) is 0 Å². The molecule has 1 unspecified atom stereocenters. The Morgan fingerprint density at radius 1 is 0.800 bits per heavy atom. The first kappa shape index (κ1) is 15.2. The molecule has 1 aliphatic carbocycles. The van der Waals surface area contributed by atoms with Crippen LogP contribution in [-0.4, -0.2) is 0 Å². The third kappa shape index (κ3) is 2.53. The van der Waals surface area contributed by atoms with Gasteiger partial charge in [-0.15, -0.1) is 0 Å². The number of hydrogen-bond donors (Lipinski definition) is 1. The highest BCUT2D eigenvalue weighted by Gasteiger charge is 2.33. The van der Waals surface area contributed by atoms with Gasteiger partial charge in [-0.25, -0.2) is 22.0 Å². The summed E-state index contributed by atoms with van der Waals surface area (Å²) >= 11 is 0. The predicted octanol–water partition coefficient (Wildman–Crippen LogP) is 4.21. The van der Waals surface area contributed by atoms with Crippen LogP contribution in [0.3, 0.4) is 0 Å². The Balaban J connectivity index is 2.37. The molecular formula is C14H16F5N. The number of rotatable bonds is 2. The normalized spacial score (nSPS) is 24.8. The molecule has 1 aliphatic rings. The van der Waals surface area contributed by atoms with Crippen molar-refractivity contribution in [1.29, 1.82) is 0 Å². The molecule has 1 atom stereocenters. The summed E-state index contributed by atoms with van der Waals surface area (Å²) in [7, 11) is 0. The molecule has 0 bridgehead atoms. The highest BCUT2D eigenvalue weighted by atomic mass is 19.2. The summed E-state index contributed by atoms with van der Waals surface area (Å²) in [5.41, 5.74) is 4.88. The molecule has 1 saturated carbocycles. The lowest BCUT2D eigenvalue weighted by Gasteiger charge is -2.31. The molecule has 0 amide bonds. The van der Waals surface area contributed by atoms with Crippen LogP contribution in [0.2, 0.25) is 0 Å². The highest BCUT2D eigenvalue weighted by molar-refractivity contribution is 5.27. The molecule has 0 radical (unpaired) electrons. The van der Waals surface area contributed by atoms with Crippen molar-refractivity contribution in [3.05, 3.63) is 34.6 Å². The largest absolute Gasteiger partial charge is 0.324 e. The van der Waals surface area contributed by atoms with Gasteiger partial charge in [0.05, 0.1) is 0 Å². The number of nitrogens with two attached hydrogens (primary N) is 1. The topological polar surface area (TPSA) is 26.0 Å². The van der Waals surface area contributed by atoms with E-state index in [1.807, 2.05) is 0 Å².